The molecule has 0 saturated carbocycles. The quantitative estimate of drug-likeness (QED) is 0.0576. The molecule has 19 heteroatoms. The minimum absolute atomic E-state index is 0.0449. The van der Waals surface area contributed by atoms with E-state index in [-0.39, 0.29) is 48.5 Å². The summed E-state index contributed by atoms with van der Waals surface area (Å²) in [5.74, 6) is -1.08. The van der Waals surface area contributed by atoms with Gasteiger partial charge in [0.2, 0.25) is 17.7 Å². The SMILES string of the molecule is C=CCn1c(=O)c2cnc(C)nc2n1-c1cccc(C(C)(C)O)n1.Nc1ccc(N2CCN(C(=O)CCOCCNc3cccc4c3C(=O)N(C3CCC(=O)NC3=O)C4=O)CC2)cc1. The number of piperazine rings is 1. The molecule has 0 aliphatic carbocycles. The second kappa shape index (κ2) is 19.0. The van der Waals surface area contributed by atoms with E-state index < -0.39 is 35.3 Å². The number of aliphatic hydroxyl groups is 1. The highest BCUT2D eigenvalue weighted by atomic mass is 16.5. The van der Waals surface area contributed by atoms with Gasteiger partial charge in [0.05, 0.1) is 43.0 Å². The number of ether oxygens (including phenoxy) is 1. The fourth-order valence-electron chi connectivity index (χ4n) is 7.75. The molecule has 2 aromatic carbocycles. The Hall–Kier alpha value is -7.25. The summed E-state index contributed by atoms with van der Waals surface area (Å²) < 4.78 is 8.79. The van der Waals surface area contributed by atoms with Crippen LogP contribution in [-0.2, 0) is 31.3 Å². The Morgan fingerprint density at radius 3 is 2.42 bits per heavy atom. The Labute approximate surface area is 368 Å². The van der Waals surface area contributed by atoms with Crippen molar-refractivity contribution < 1.29 is 33.8 Å². The van der Waals surface area contributed by atoms with Crippen LogP contribution in [0.2, 0.25) is 0 Å². The monoisotopic (exact) mass is 873 g/mol. The zero-order chi connectivity index (χ0) is 45.7. The average molecular weight is 874 g/mol. The summed E-state index contributed by atoms with van der Waals surface area (Å²) in [6, 6.07) is 16.9. The molecule has 1 unspecified atom stereocenters. The van der Waals surface area contributed by atoms with Gasteiger partial charge in [-0.15, -0.1) is 6.58 Å². The van der Waals surface area contributed by atoms with E-state index in [0.29, 0.717) is 66.8 Å². The number of imide groups is 2. The average Bonchev–Trinajstić information content (AvgIpc) is 3.69. The number of pyridine rings is 1. The first-order valence-corrected chi connectivity index (χ1v) is 21.0. The highest BCUT2D eigenvalue weighted by molar-refractivity contribution is 6.25. The van der Waals surface area contributed by atoms with E-state index in [9.17, 15) is 33.9 Å². The molecule has 3 aliphatic heterocycles. The van der Waals surface area contributed by atoms with Crippen molar-refractivity contribution in [2.24, 2.45) is 0 Å². The van der Waals surface area contributed by atoms with Crippen molar-refractivity contribution in [2.75, 3.05) is 61.9 Å². The van der Waals surface area contributed by atoms with E-state index in [1.54, 1.807) is 67.9 Å². The number of aromatic nitrogens is 5. The van der Waals surface area contributed by atoms with E-state index in [2.05, 4.69) is 37.1 Å². The maximum atomic E-state index is 13.1. The van der Waals surface area contributed by atoms with Gasteiger partial charge in [-0.05, 0) is 75.7 Å². The predicted octanol–water partition coefficient (Wildman–Crippen LogP) is 2.54. The first-order chi connectivity index (χ1) is 30.7. The number of fused-ring (bicyclic) bond motifs is 2. The van der Waals surface area contributed by atoms with Crippen molar-refractivity contribution in [1.29, 1.82) is 0 Å². The van der Waals surface area contributed by atoms with Gasteiger partial charge in [0.15, 0.2) is 11.5 Å². The smallest absolute Gasteiger partial charge is 0.278 e. The summed E-state index contributed by atoms with van der Waals surface area (Å²) in [7, 11) is 0. The zero-order valence-corrected chi connectivity index (χ0v) is 36.0. The molecule has 64 heavy (non-hydrogen) atoms. The van der Waals surface area contributed by atoms with Crippen LogP contribution in [0.4, 0.5) is 17.1 Å². The third kappa shape index (κ3) is 9.54. The summed E-state index contributed by atoms with van der Waals surface area (Å²) in [6.07, 6.45) is 3.60. The first-order valence-electron chi connectivity index (χ1n) is 21.0. The van der Waals surface area contributed by atoms with Gasteiger partial charge in [-0.3, -0.25) is 39.0 Å². The molecule has 19 nitrogen and oxygen atoms in total. The van der Waals surface area contributed by atoms with Gasteiger partial charge >= 0.3 is 0 Å². The second-order valence-electron chi connectivity index (χ2n) is 16.0. The van der Waals surface area contributed by atoms with Gasteiger partial charge in [-0.25, -0.2) is 24.3 Å². The lowest BCUT2D eigenvalue weighted by molar-refractivity contribution is -0.136. The molecule has 0 bridgehead atoms. The number of hydrogen-bond acceptors (Lipinski definition) is 14. The number of hydrogen-bond donors (Lipinski definition) is 4. The van der Waals surface area contributed by atoms with Gasteiger partial charge in [0.25, 0.3) is 17.4 Å². The van der Waals surface area contributed by atoms with Crippen LogP contribution in [-0.4, -0.2) is 121 Å². The minimum Gasteiger partial charge on any atom is -0.399 e. The fraction of sp³-hybridized carbons (Fsp3) is 0.356. The van der Waals surface area contributed by atoms with Gasteiger partial charge in [0.1, 0.15) is 22.9 Å². The standard InChI is InChI=1S/C28H32N6O6.C17H19N5O2/c29-18-4-6-19(7-5-18)32-12-14-33(15-13-32)24(36)10-16-40-17-11-30-21-3-1-2-20-25(21)28(39)34(27(20)38)22-8-9-23(35)31-26(22)37;1-5-9-21-16(23)12-10-18-11(2)19-15(12)22(21)14-8-6-7-13(20-14)17(3,4)24/h1-7,22,30H,8-17,29H2,(H,31,35,37);5-8,10,24H,1,9H2,2-4H3. The minimum atomic E-state index is -1.09. The van der Waals surface area contributed by atoms with Crippen LogP contribution in [0.25, 0.3) is 16.9 Å². The summed E-state index contributed by atoms with van der Waals surface area (Å²) in [5.41, 5.74) is 8.14. The number of rotatable bonds is 13. The van der Waals surface area contributed by atoms with Crippen LogP contribution >= 0.6 is 0 Å². The van der Waals surface area contributed by atoms with E-state index in [1.165, 1.54) is 10.9 Å². The highest BCUT2D eigenvalue weighted by Gasteiger charge is 2.45. The van der Waals surface area contributed by atoms with Crippen LogP contribution in [0, 0.1) is 6.92 Å². The van der Waals surface area contributed by atoms with Crippen LogP contribution in [0.5, 0.6) is 0 Å². The highest BCUT2D eigenvalue weighted by Crippen LogP contribution is 2.32. The number of amides is 5. The lowest BCUT2D eigenvalue weighted by Gasteiger charge is -2.36. The molecule has 1 atom stereocenters. The normalized spacial score (nSPS) is 16.4. The Balaban J connectivity index is 0.000000217. The van der Waals surface area contributed by atoms with Crippen LogP contribution in [0.1, 0.15) is 65.3 Å². The maximum Gasteiger partial charge on any atom is 0.278 e. The van der Waals surface area contributed by atoms with Gasteiger partial charge in [-0.1, -0.05) is 18.2 Å². The van der Waals surface area contributed by atoms with Crippen molar-refractivity contribution in [2.45, 2.75) is 58.2 Å². The zero-order valence-electron chi connectivity index (χ0n) is 36.0. The lowest BCUT2D eigenvalue weighted by atomic mass is 10.0. The Bertz CT molecular complexity index is 2660. The molecule has 8 rings (SSSR count). The number of allylic oxidation sites excluding steroid dienone is 1. The number of nitrogens with two attached hydrogens (primary N) is 1. The molecule has 3 aliphatic rings. The van der Waals surface area contributed by atoms with Gasteiger partial charge in [-0.2, -0.15) is 0 Å². The van der Waals surface area contributed by atoms with Crippen molar-refractivity contribution in [3.63, 3.8) is 0 Å². The molecule has 5 amide bonds. The number of anilines is 3. The second-order valence-corrected chi connectivity index (χ2v) is 16.0. The van der Waals surface area contributed by atoms with E-state index in [4.69, 9.17) is 10.5 Å². The van der Waals surface area contributed by atoms with Crippen molar-refractivity contribution in [3.05, 3.63) is 113 Å². The number of carbonyl (C=O) groups excluding carboxylic acids is 5. The first kappa shape index (κ1) is 44.8. The largest absolute Gasteiger partial charge is 0.399 e. The van der Waals surface area contributed by atoms with Crippen LogP contribution < -0.4 is 26.8 Å². The molecule has 0 spiro atoms. The summed E-state index contributed by atoms with van der Waals surface area (Å²) >= 11 is 0. The maximum absolute atomic E-state index is 13.1. The third-order valence-corrected chi connectivity index (χ3v) is 11.1. The molecule has 0 radical (unpaired) electrons. The number of benzene rings is 2. The summed E-state index contributed by atoms with van der Waals surface area (Å²) in [4.78, 5) is 93.1. The Kier molecular flexibility index (Phi) is 13.3. The Morgan fingerprint density at radius 2 is 1.72 bits per heavy atom. The molecule has 3 aromatic heterocycles. The predicted molar refractivity (Wildman–Crippen MR) is 238 cm³/mol. The number of piperidine rings is 1. The van der Waals surface area contributed by atoms with E-state index in [1.807, 2.05) is 29.2 Å². The fourth-order valence-corrected chi connectivity index (χ4v) is 7.75. The number of aryl methyl sites for hydroxylation is 1. The number of nitrogens with one attached hydrogen (secondary N) is 2. The topological polar surface area (TPSA) is 240 Å². The summed E-state index contributed by atoms with van der Waals surface area (Å²) in [6.45, 7) is 12.8. The molecule has 5 aromatic rings. The molecule has 2 fully saturated rings. The lowest BCUT2D eigenvalue weighted by Crippen LogP contribution is -2.54. The Morgan fingerprint density at radius 1 is 0.984 bits per heavy atom. The number of nitrogens with zero attached hydrogens (tertiary/aromatic N) is 8. The van der Waals surface area contributed by atoms with E-state index >= 15 is 0 Å². The number of nitrogen functional groups attached to an aromatic ring is 1. The van der Waals surface area contributed by atoms with Crippen molar-refractivity contribution >= 4 is 57.6 Å². The third-order valence-electron chi connectivity index (χ3n) is 11.1. The van der Waals surface area contributed by atoms with Crippen molar-refractivity contribution in [3.8, 4) is 5.82 Å². The molecular weight excluding hydrogens is 823 g/mol. The van der Waals surface area contributed by atoms with E-state index in [0.717, 1.165) is 29.4 Å². The molecule has 6 heterocycles. The van der Waals surface area contributed by atoms with Crippen molar-refractivity contribution in [1.82, 2.24) is 39.4 Å². The van der Waals surface area contributed by atoms with Crippen LogP contribution in [0.15, 0.2) is 84.3 Å². The van der Waals surface area contributed by atoms with Gasteiger partial charge < -0.3 is 30.7 Å². The molecule has 5 N–H and O–H groups in total. The molecule has 2 saturated heterocycles. The molecular formula is C45H51N11O8. The van der Waals surface area contributed by atoms with Gasteiger partial charge in [0, 0.05) is 62.4 Å². The molecule has 334 valence electrons. The number of carbonyl (C=O) groups is 5. The summed E-state index contributed by atoms with van der Waals surface area (Å²) in [5, 5.41) is 15.9. The van der Waals surface area contributed by atoms with Crippen LogP contribution in [0.3, 0.4) is 0 Å².